The number of aromatic nitrogens is 3. The summed E-state index contributed by atoms with van der Waals surface area (Å²) >= 11 is 0. The maximum atomic E-state index is 15.9. The van der Waals surface area contributed by atoms with Crippen LogP contribution < -0.4 is 4.90 Å². The zero-order chi connectivity index (χ0) is 25.2. The predicted molar refractivity (Wildman–Crippen MR) is 140 cm³/mol. The molecular formula is C29H29FN4O2. The Labute approximate surface area is 209 Å². The van der Waals surface area contributed by atoms with Crippen LogP contribution in [-0.4, -0.2) is 26.5 Å². The molecule has 2 aromatic heterocycles. The van der Waals surface area contributed by atoms with E-state index >= 15 is 4.39 Å². The van der Waals surface area contributed by atoms with E-state index in [1.807, 2.05) is 30.3 Å². The SMILES string of the molecule is CC(=O)/C=C/c1cncc(N(Cc2cccc3cc4cnn(C)c4c(F)c23)C(=O)C2CCCCC2)c1. The molecule has 184 valence electrons. The van der Waals surface area contributed by atoms with E-state index in [-0.39, 0.29) is 30.0 Å². The summed E-state index contributed by atoms with van der Waals surface area (Å²) in [6.07, 6.45) is 13.1. The fourth-order valence-electron chi connectivity index (χ4n) is 5.19. The number of carbonyl (C=O) groups excluding carboxylic acids is 2. The zero-order valence-corrected chi connectivity index (χ0v) is 20.6. The van der Waals surface area contributed by atoms with E-state index in [4.69, 9.17) is 0 Å². The molecule has 1 aliphatic carbocycles. The van der Waals surface area contributed by atoms with Crippen molar-refractivity contribution in [2.75, 3.05) is 4.90 Å². The number of hydrogen-bond acceptors (Lipinski definition) is 4. The molecule has 1 fully saturated rings. The highest BCUT2D eigenvalue weighted by Crippen LogP contribution is 2.33. The fourth-order valence-corrected chi connectivity index (χ4v) is 5.19. The molecule has 1 aliphatic rings. The molecule has 0 radical (unpaired) electrons. The molecule has 36 heavy (non-hydrogen) atoms. The molecule has 6 nitrogen and oxygen atoms in total. The van der Waals surface area contributed by atoms with Crippen LogP contribution in [0.2, 0.25) is 0 Å². The summed E-state index contributed by atoms with van der Waals surface area (Å²) in [6.45, 7) is 1.70. The smallest absolute Gasteiger partial charge is 0.230 e. The Hall–Kier alpha value is -3.87. The first-order chi connectivity index (χ1) is 17.4. The Bertz CT molecular complexity index is 1480. The van der Waals surface area contributed by atoms with E-state index in [0.29, 0.717) is 16.6 Å². The van der Waals surface area contributed by atoms with Crippen molar-refractivity contribution < 1.29 is 14.0 Å². The van der Waals surface area contributed by atoms with Crippen LogP contribution in [0, 0.1) is 11.7 Å². The van der Waals surface area contributed by atoms with Crippen molar-refractivity contribution in [1.29, 1.82) is 0 Å². The number of amides is 1. The van der Waals surface area contributed by atoms with Crippen LogP contribution in [0.25, 0.3) is 27.8 Å². The highest BCUT2D eigenvalue weighted by Gasteiger charge is 2.28. The number of aryl methyl sites for hydroxylation is 1. The quantitative estimate of drug-likeness (QED) is 0.316. The van der Waals surface area contributed by atoms with E-state index in [1.165, 1.54) is 13.0 Å². The van der Waals surface area contributed by atoms with Gasteiger partial charge in [-0.3, -0.25) is 19.3 Å². The molecule has 2 heterocycles. The van der Waals surface area contributed by atoms with Gasteiger partial charge >= 0.3 is 0 Å². The maximum absolute atomic E-state index is 15.9. The minimum atomic E-state index is -0.334. The third-order valence-corrected chi connectivity index (χ3v) is 7.00. The minimum absolute atomic E-state index is 0.0308. The molecule has 0 N–H and O–H groups in total. The number of fused-ring (bicyclic) bond motifs is 2. The molecule has 2 aromatic carbocycles. The molecule has 0 saturated heterocycles. The number of pyridine rings is 1. The van der Waals surface area contributed by atoms with Gasteiger partial charge in [-0.05, 0) is 60.6 Å². The van der Waals surface area contributed by atoms with Gasteiger partial charge in [0.05, 0.1) is 24.6 Å². The summed E-state index contributed by atoms with van der Waals surface area (Å²) in [5.74, 6) is -0.440. The Morgan fingerprint density at radius 1 is 1.11 bits per heavy atom. The topological polar surface area (TPSA) is 68.1 Å². The summed E-state index contributed by atoms with van der Waals surface area (Å²) in [6, 6.07) is 9.45. The molecular weight excluding hydrogens is 455 g/mol. The molecule has 1 saturated carbocycles. The number of rotatable bonds is 6. The molecule has 0 bridgehead atoms. The first-order valence-corrected chi connectivity index (χ1v) is 12.4. The van der Waals surface area contributed by atoms with Gasteiger partial charge in [0, 0.05) is 29.9 Å². The second-order valence-corrected chi connectivity index (χ2v) is 9.59. The van der Waals surface area contributed by atoms with E-state index in [0.717, 1.165) is 54.0 Å². The van der Waals surface area contributed by atoms with E-state index in [2.05, 4.69) is 10.1 Å². The lowest BCUT2D eigenvalue weighted by molar-refractivity contribution is -0.123. The van der Waals surface area contributed by atoms with E-state index in [9.17, 15) is 9.59 Å². The van der Waals surface area contributed by atoms with Crippen LogP contribution in [0.5, 0.6) is 0 Å². The minimum Gasteiger partial charge on any atom is -0.306 e. The largest absolute Gasteiger partial charge is 0.306 e. The van der Waals surface area contributed by atoms with Gasteiger partial charge in [0.15, 0.2) is 11.6 Å². The van der Waals surface area contributed by atoms with Crippen molar-refractivity contribution in [1.82, 2.24) is 14.8 Å². The average molecular weight is 485 g/mol. The fraction of sp³-hybridized carbons (Fsp3) is 0.310. The lowest BCUT2D eigenvalue weighted by atomic mass is 9.88. The van der Waals surface area contributed by atoms with Gasteiger partial charge in [0.25, 0.3) is 0 Å². The number of carbonyl (C=O) groups is 2. The van der Waals surface area contributed by atoms with Gasteiger partial charge < -0.3 is 4.90 Å². The Morgan fingerprint density at radius 2 is 1.92 bits per heavy atom. The van der Waals surface area contributed by atoms with Crippen LogP contribution in [0.15, 0.2) is 55.0 Å². The average Bonchev–Trinajstić information content (AvgIpc) is 3.27. The molecule has 0 unspecified atom stereocenters. The van der Waals surface area contributed by atoms with Gasteiger partial charge in [-0.15, -0.1) is 0 Å². The van der Waals surface area contributed by atoms with Crippen LogP contribution in [0.4, 0.5) is 10.1 Å². The van der Waals surface area contributed by atoms with E-state index in [1.54, 1.807) is 41.3 Å². The highest BCUT2D eigenvalue weighted by atomic mass is 19.1. The number of benzene rings is 2. The highest BCUT2D eigenvalue weighted by molar-refractivity contribution is 6.00. The molecule has 0 spiro atoms. The van der Waals surface area contributed by atoms with Crippen molar-refractivity contribution in [3.05, 3.63) is 71.9 Å². The van der Waals surface area contributed by atoms with Crippen molar-refractivity contribution in [3.8, 4) is 0 Å². The number of nitrogens with zero attached hydrogens (tertiary/aromatic N) is 4. The van der Waals surface area contributed by atoms with Gasteiger partial charge in [0.2, 0.25) is 5.91 Å². The van der Waals surface area contributed by atoms with Crippen LogP contribution in [-0.2, 0) is 23.2 Å². The number of ketones is 1. The Morgan fingerprint density at radius 3 is 2.69 bits per heavy atom. The Balaban J connectivity index is 1.61. The molecule has 1 amide bonds. The number of hydrogen-bond donors (Lipinski definition) is 0. The molecule has 0 aliphatic heterocycles. The normalized spacial score (nSPS) is 14.6. The first-order valence-electron chi connectivity index (χ1n) is 12.4. The lowest BCUT2D eigenvalue weighted by Gasteiger charge is -2.30. The van der Waals surface area contributed by atoms with E-state index < -0.39 is 0 Å². The van der Waals surface area contributed by atoms with Gasteiger partial charge in [-0.25, -0.2) is 4.39 Å². The number of halogens is 1. The molecule has 4 aromatic rings. The predicted octanol–water partition coefficient (Wildman–Crippen LogP) is 5.98. The number of anilines is 1. The second kappa shape index (κ2) is 10.0. The number of allylic oxidation sites excluding steroid dienone is 1. The summed E-state index contributed by atoms with van der Waals surface area (Å²) in [5, 5.41) is 6.23. The molecule has 0 atom stereocenters. The van der Waals surface area contributed by atoms with Crippen molar-refractivity contribution in [2.24, 2.45) is 13.0 Å². The molecule has 5 rings (SSSR count). The summed E-state index contributed by atoms with van der Waals surface area (Å²) < 4.78 is 17.4. The third kappa shape index (κ3) is 4.65. The molecule has 7 heteroatoms. The third-order valence-electron chi connectivity index (χ3n) is 7.00. The van der Waals surface area contributed by atoms with Crippen molar-refractivity contribution in [3.63, 3.8) is 0 Å². The monoisotopic (exact) mass is 484 g/mol. The van der Waals surface area contributed by atoms with Crippen LogP contribution in [0.3, 0.4) is 0 Å². The maximum Gasteiger partial charge on any atom is 0.230 e. The second-order valence-electron chi connectivity index (χ2n) is 9.59. The first kappa shape index (κ1) is 23.9. The summed E-state index contributed by atoms with van der Waals surface area (Å²) in [5.41, 5.74) is 2.53. The van der Waals surface area contributed by atoms with Gasteiger partial charge in [0.1, 0.15) is 5.52 Å². The van der Waals surface area contributed by atoms with Crippen LogP contribution >= 0.6 is 0 Å². The van der Waals surface area contributed by atoms with Crippen molar-refractivity contribution >= 4 is 45.1 Å². The summed E-state index contributed by atoms with van der Waals surface area (Å²) in [4.78, 5) is 31.3. The van der Waals surface area contributed by atoms with Crippen LogP contribution in [0.1, 0.15) is 50.2 Å². The lowest BCUT2D eigenvalue weighted by Crippen LogP contribution is -2.37. The standard InChI is InChI=1S/C29H29FN4O2/c1-19(35)11-12-20-13-25(17-31-15-20)34(29(36)21-7-4-3-5-8-21)18-23-10-6-9-22-14-24-16-32-33(2)28(24)27(30)26(22)23/h6,9-17,21H,3-5,7-8,18H2,1-2H3/b12-11+. The van der Waals surface area contributed by atoms with Gasteiger partial charge in [-0.1, -0.05) is 37.5 Å². The van der Waals surface area contributed by atoms with Crippen molar-refractivity contribution in [2.45, 2.75) is 45.6 Å². The summed E-state index contributed by atoms with van der Waals surface area (Å²) in [7, 11) is 1.73. The van der Waals surface area contributed by atoms with Gasteiger partial charge in [-0.2, -0.15) is 5.10 Å². The Kier molecular flexibility index (Phi) is 6.63. The zero-order valence-electron chi connectivity index (χ0n) is 20.6.